The second kappa shape index (κ2) is 9.02. The highest BCUT2D eigenvalue weighted by Crippen LogP contribution is 2.14. The molecule has 0 radical (unpaired) electrons. The number of hydrazine groups is 1. The van der Waals surface area contributed by atoms with E-state index in [1.54, 1.807) is 5.01 Å². The van der Waals surface area contributed by atoms with E-state index in [9.17, 15) is 13.2 Å². The normalized spacial score (nSPS) is 11.2. The molecule has 0 heterocycles. The highest BCUT2D eigenvalue weighted by molar-refractivity contribution is 7.89. The third-order valence-corrected chi connectivity index (χ3v) is 5.42. The molecule has 0 aliphatic heterocycles. The van der Waals surface area contributed by atoms with E-state index >= 15 is 0 Å². The molecule has 0 spiro atoms. The van der Waals surface area contributed by atoms with Gasteiger partial charge in [-0.2, -0.15) is 0 Å². The fraction of sp³-hybridized carbons (Fsp3) is 0.278. The molecule has 1 amide bonds. The first-order valence-corrected chi connectivity index (χ1v) is 10.1. The lowest BCUT2D eigenvalue weighted by Gasteiger charge is -2.24. The van der Waals surface area contributed by atoms with Gasteiger partial charge in [0.05, 0.1) is 10.6 Å². The quantitative estimate of drug-likeness (QED) is 0.673. The average molecular weight is 396 g/mol. The molecule has 2 aromatic rings. The van der Waals surface area contributed by atoms with Crippen molar-refractivity contribution >= 4 is 33.2 Å². The molecule has 0 aliphatic carbocycles. The number of rotatable bonds is 8. The number of halogens is 1. The lowest BCUT2D eigenvalue weighted by molar-refractivity contribution is -0.121. The Kier molecular flexibility index (Phi) is 7.02. The van der Waals surface area contributed by atoms with Gasteiger partial charge in [-0.15, -0.1) is 0 Å². The van der Waals surface area contributed by atoms with E-state index in [0.717, 1.165) is 11.3 Å². The topological polar surface area (TPSA) is 78.5 Å². The number of hydrogen-bond acceptors (Lipinski definition) is 4. The molecule has 26 heavy (non-hydrogen) atoms. The predicted molar refractivity (Wildman–Crippen MR) is 104 cm³/mol. The minimum Gasteiger partial charge on any atom is -0.286 e. The second-order valence-corrected chi connectivity index (χ2v) is 7.92. The molecule has 0 fully saturated rings. The average Bonchev–Trinajstić information content (AvgIpc) is 2.61. The zero-order chi connectivity index (χ0) is 19.2. The molecule has 0 bridgehead atoms. The van der Waals surface area contributed by atoms with Gasteiger partial charge >= 0.3 is 0 Å². The van der Waals surface area contributed by atoms with Gasteiger partial charge in [0, 0.05) is 24.5 Å². The van der Waals surface area contributed by atoms with Crippen molar-refractivity contribution < 1.29 is 13.2 Å². The van der Waals surface area contributed by atoms with Crippen LogP contribution in [0.3, 0.4) is 0 Å². The van der Waals surface area contributed by atoms with Gasteiger partial charge in [-0.1, -0.05) is 29.3 Å². The monoisotopic (exact) mass is 395 g/mol. The van der Waals surface area contributed by atoms with Crippen molar-refractivity contribution in [1.29, 1.82) is 0 Å². The Hall–Kier alpha value is -2.09. The molecule has 0 unspecified atom stereocenters. The smallest absolute Gasteiger partial charge is 0.240 e. The molecule has 2 aromatic carbocycles. The number of aryl methyl sites for hydroxylation is 1. The van der Waals surface area contributed by atoms with Crippen molar-refractivity contribution in [3.63, 3.8) is 0 Å². The van der Waals surface area contributed by atoms with Crippen LogP contribution >= 0.6 is 11.6 Å². The maximum Gasteiger partial charge on any atom is 0.240 e. The van der Waals surface area contributed by atoms with E-state index in [-0.39, 0.29) is 23.8 Å². The van der Waals surface area contributed by atoms with Crippen LogP contribution in [-0.2, 0) is 14.8 Å². The summed E-state index contributed by atoms with van der Waals surface area (Å²) in [6.45, 7) is 4.50. The van der Waals surface area contributed by atoms with Crippen molar-refractivity contribution in [2.24, 2.45) is 0 Å². The summed E-state index contributed by atoms with van der Waals surface area (Å²) in [4.78, 5) is 12.2. The van der Waals surface area contributed by atoms with Crippen LogP contribution in [0.2, 0.25) is 5.02 Å². The van der Waals surface area contributed by atoms with Crippen LogP contribution in [0.15, 0.2) is 53.4 Å². The molecule has 0 aromatic heterocycles. The van der Waals surface area contributed by atoms with E-state index < -0.39 is 10.0 Å². The summed E-state index contributed by atoms with van der Waals surface area (Å²) in [7, 11) is -3.67. The summed E-state index contributed by atoms with van der Waals surface area (Å²) in [5.41, 5.74) is 4.78. The Morgan fingerprint density at radius 3 is 2.27 bits per heavy atom. The molecular formula is C18H22ClN3O3S. The minimum atomic E-state index is -3.67. The van der Waals surface area contributed by atoms with Crippen molar-refractivity contribution in [3.8, 4) is 0 Å². The van der Waals surface area contributed by atoms with Gasteiger partial charge < -0.3 is 0 Å². The zero-order valence-corrected chi connectivity index (χ0v) is 16.3. The molecule has 8 heteroatoms. The standard InChI is InChI=1S/C18H22ClN3O3S/c1-3-22(16-8-4-14(2)5-9-16)21-18(23)12-13-20-26(24,25)17-10-6-15(19)7-11-17/h4-11,20H,3,12-13H2,1-2H3,(H,21,23). The second-order valence-electron chi connectivity index (χ2n) is 5.72. The summed E-state index contributed by atoms with van der Waals surface area (Å²) in [5.74, 6) is -0.272. The Morgan fingerprint density at radius 1 is 1.08 bits per heavy atom. The van der Waals surface area contributed by atoms with Crippen LogP contribution in [0.4, 0.5) is 5.69 Å². The van der Waals surface area contributed by atoms with Gasteiger partial charge in [-0.05, 0) is 50.2 Å². The SMILES string of the molecule is CCN(NC(=O)CCNS(=O)(=O)c1ccc(Cl)cc1)c1ccc(C)cc1. The fourth-order valence-corrected chi connectivity index (χ4v) is 3.41. The Morgan fingerprint density at radius 2 is 1.69 bits per heavy atom. The first kappa shape index (κ1) is 20.2. The first-order valence-electron chi connectivity index (χ1n) is 8.21. The lowest BCUT2D eigenvalue weighted by atomic mass is 10.2. The van der Waals surface area contributed by atoms with Crippen molar-refractivity contribution in [1.82, 2.24) is 10.1 Å². The number of hydrogen-bond donors (Lipinski definition) is 2. The Bertz CT molecular complexity index is 837. The van der Waals surface area contributed by atoms with Crippen LogP contribution < -0.4 is 15.2 Å². The van der Waals surface area contributed by atoms with Crippen molar-refractivity contribution in [3.05, 3.63) is 59.1 Å². The number of benzene rings is 2. The summed E-state index contributed by atoms with van der Waals surface area (Å²) >= 11 is 5.76. The molecule has 2 rings (SSSR count). The fourth-order valence-electron chi connectivity index (χ4n) is 2.25. The molecule has 0 atom stereocenters. The van der Waals surface area contributed by atoms with Gasteiger partial charge in [0.1, 0.15) is 0 Å². The number of carbonyl (C=O) groups excluding carboxylic acids is 1. The van der Waals surface area contributed by atoms with Crippen molar-refractivity contribution in [2.75, 3.05) is 18.1 Å². The summed E-state index contributed by atoms with van der Waals surface area (Å²) in [5, 5.41) is 2.18. The van der Waals surface area contributed by atoms with Crippen LogP contribution in [0.25, 0.3) is 0 Å². The van der Waals surface area contributed by atoms with Gasteiger partial charge in [0.2, 0.25) is 15.9 Å². The summed E-state index contributed by atoms with van der Waals surface area (Å²) in [6.07, 6.45) is 0.0230. The van der Waals surface area contributed by atoms with E-state index in [4.69, 9.17) is 11.6 Å². The molecule has 0 saturated heterocycles. The van der Waals surface area contributed by atoms with Crippen LogP contribution in [0.1, 0.15) is 18.9 Å². The Balaban J connectivity index is 1.87. The summed E-state index contributed by atoms with van der Waals surface area (Å²) in [6, 6.07) is 13.6. The minimum absolute atomic E-state index is 0.00223. The predicted octanol–water partition coefficient (Wildman–Crippen LogP) is 2.87. The summed E-state index contributed by atoms with van der Waals surface area (Å²) < 4.78 is 26.7. The van der Waals surface area contributed by atoms with Gasteiger partial charge in [-0.25, -0.2) is 13.1 Å². The highest BCUT2D eigenvalue weighted by Gasteiger charge is 2.15. The molecule has 140 valence electrons. The van der Waals surface area contributed by atoms with Crippen LogP contribution in [0.5, 0.6) is 0 Å². The number of sulfonamides is 1. The van der Waals surface area contributed by atoms with Gasteiger partial charge in [0.15, 0.2) is 0 Å². The molecular weight excluding hydrogens is 374 g/mol. The molecule has 2 N–H and O–H groups in total. The number of anilines is 1. The zero-order valence-electron chi connectivity index (χ0n) is 14.7. The number of carbonyl (C=O) groups is 1. The third-order valence-electron chi connectivity index (χ3n) is 3.69. The van der Waals surface area contributed by atoms with Gasteiger partial charge in [0.25, 0.3) is 0 Å². The number of amides is 1. The first-order chi connectivity index (χ1) is 12.3. The van der Waals surface area contributed by atoms with Crippen molar-refractivity contribution in [2.45, 2.75) is 25.2 Å². The molecule has 0 aliphatic rings. The Labute approximate surface area is 159 Å². The molecule has 6 nitrogen and oxygen atoms in total. The van der Waals surface area contributed by atoms with Crippen LogP contribution in [-0.4, -0.2) is 27.4 Å². The van der Waals surface area contributed by atoms with E-state index in [2.05, 4.69) is 10.1 Å². The lowest BCUT2D eigenvalue weighted by Crippen LogP contribution is -2.43. The maximum atomic E-state index is 12.2. The highest BCUT2D eigenvalue weighted by atomic mass is 35.5. The van der Waals surface area contributed by atoms with E-state index in [1.807, 2.05) is 38.1 Å². The largest absolute Gasteiger partial charge is 0.286 e. The number of nitrogens with zero attached hydrogens (tertiary/aromatic N) is 1. The molecule has 0 saturated carbocycles. The van der Waals surface area contributed by atoms with E-state index in [0.29, 0.717) is 11.6 Å². The third kappa shape index (κ3) is 5.72. The number of nitrogens with one attached hydrogen (secondary N) is 2. The van der Waals surface area contributed by atoms with E-state index in [1.165, 1.54) is 24.3 Å². The van der Waals surface area contributed by atoms with Crippen LogP contribution in [0, 0.1) is 6.92 Å². The maximum absolute atomic E-state index is 12.2. The van der Waals surface area contributed by atoms with Gasteiger partial charge in [-0.3, -0.25) is 15.2 Å².